The Morgan fingerprint density at radius 3 is 2.76 bits per heavy atom. The molecule has 0 aromatic carbocycles. The summed E-state index contributed by atoms with van der Waals surface area (Å²) in [6.07, 6.45) is 0.435. The zero-order valence-electron chi connectivity index (χ0n) is 9.98. The summed E-state index contributed by atoms with van der Waals surface area (Å²) in [6, 6.07) is 0. The first-order valence-electron chi connectivity index (χ1n) is 5.07. The highest BCUT2D eigenvalue weighted by molar-refractivity contribution is 7.99. The maximum absolute atomic E-state index is 11.1. The number of nitrogens with zero attached hydrogens (tertiary/aromatic N) is 2. The number of carboxylic acid groups (broad SMARTS) is 1. The largest absolute Gasteiger partial charge is 0.480 e. The summed E-state index contributed by atoms with van der Waals surface area (Å²) >= 11 is 1.34. The molecule has 17 heavy (non-hydrogen) atoms. The summed E-state index contributed by atoms with van der Waals surface area (Å²) in [5.74, 6) is -0.335. The SMILES string of the molecule is CNC(C)(CCSc1n[nH]c(=O)n1C)C(=O)O. The fraction of sp³-hybridized carbons (Fsp3) is 0.667. The van der Waals surface area contributed by atoms with Crippen LogP contribution in [0.15, 0.2) is 9.95 Å². The van der Waals surface area contributed by atoms with Crippen LogP contribution in [0.5, 0.6) is 0 Å². The van der Waals surface area contributed by atoms with Gasteiger partial charge in [0.1, 0.15) is 5.54 Å². The number of hydrogen-bond acceptors (Lipinski definition) is 5. The molecule has 0 spiro atoms. The molecule has 8 heteroatoms. The van der Waals surface area contributed by atoms with E-state index in [1.165, 1.54) is 16.3 Å². The summed E-state index contributed by atoms with van der Waals surface area (Å²) in [7, 11) is 3.23. The van der Waals surface area contributed by atoms with Crippen molar-refractivity contribution in [3.8, 4) is 0 Å². The van der Waals surface area contributed by atoms with Crippen LogP contribution in [0.2, 0.25) is 0 Å². The first kappa shape index (κ1) is 13.8. The molecule has 0 saturated carbocycles. The molecule has 7 nitrogen and oxygen atoms in total. The van der Waals surface area contributed by atoms with Crippen LogP contribution < -0.4 is 11.0 Å². The normalized spacial score (nSPS) is 14.5. The van der Waals surface area contributed by atoms with Crippen molar-refractivity contribution < 1.29 is 9.90 Å². The molecule has 1 aromatic heterocycles. The lowest BCUT2D eigenvalue weighted by molar-refractivity contribution is -0.144. The lowest BCUT2D eigenvalue weighted by Gasteiger charge is -2.23. The molecule has 0 aliphatic heterocycles. The van der Waals surface area contributed by atoms with Crippen molar-refractivity contribution in [3.05, 3.63) is 10.5 Å². The van der Waals surface area contributed by atoms with Crippen LogP contribution >= 0.6 is 11.8 Å². The molecule has 1 atom stereocenters. The summed E-state index contributed by atoms with van der Waals surface area (Å²) < 4.78 is 1.39. The predicted molar refractivity (Wildman–Crippen MR) is 64.3 cm³/mol. The minimum atomic E-state index is -0.956. The van der Waals surface area contributed by atoms with Crippen molar-refractivity contribution in [3.63, 3.8) is 0 Å². The monoisotopic (exact) mass is 260 g/mol. The summed E-state index contributed by atoms with van der Waals surface area (Å²) in [4.78, 5) is 22.1. The third-order valence-corrected chi connectivity index (χ3v) is 3.73. The van der Waals surface area contributed by atoms with Gasteiger partial charge < -0.3 is 10.4 Å². The zero-order valence-corrected chi connectivity index (χ0v) is 10.8. The van der Waals surface area contributed by atoms with Crippen molar-refractivity contribution in [1.82, 2.24) is 20.1 Å². The molecule has 0 fully saturated rings. The lowest BCUT2D eigenvalue weighted by Crippen LogP contribution is -2.47. The van der Waals surface area contributed by atoms with E-state index in [0.717, 1.165) is 0 Å². The van der Waals surface area contributed by atoms with Gasteiger partial charge in [-0.25, -0.2) is 9.89 Å². The quantitative estimate of drug-likeness (QED) is 0.605. The van der Waals surface area contributed by atoms with E-state index in [9.17, 15) is 9.59 Å². The minimum Gasteiger partial charge on any atom is -0.480 e. The minimum absolute atomic E-state index is 0.276. The van der Waals surface area contributed by atoms with E-state index >= 15 is 0 Å². The molecular weight excluding hydrogens is 244 g/mol. The average molecular weight is 260 g/mol. The van der Waals surface area contributed by atoms with Gasteiger partial charge in [0.25, 0.3) is 0 Å². The average Bonchev–Trinajstić information content (AvgIpc) is 2.60. The molecular formula is C9H16N4O3S. The van der Waals surface area contributed by atoms with E-state index in [4.69, 9.17) is 5.11 Å². The van der Waals surface area contributed by atoms with Gasteiger partial charge in [-0.15, -0.1) is 5.10 Å². The Balaban J connectivity index is 2.56. The summed E-state index contributed by atoms with van der Waals surface area (Å²) in [5, 5.41) is 18.5. The second-order valence-corrected chi connectivity index (χ2v) is 4.92. The highest BCUT2D eigenvalue weighted by atomic mass is 32.2. The number of hydrogen-bond donors (Lipinski definition) is 3. The second-order valence-electron chi connectivity index (χ2n) is 3.86. The Labute approximate surface area is 103 Å². The second kappa shape index (κ2) is 5.37. The fourth-order valence-electron chi connectivity index (χ4n) is 1.15. The maximum atomic E-state index is 11.1. The molecule has 1 rings (SSSR count). The van der Waals surface area contributed by atoms with Gasteiger partial charge in [0.2, 0.25) is 0 Å². The smallest absolute Gasteiger partial charge is 0.343 e. The van der Waals surface area contributed by atoms with E-state index in [1.807, 2.05) is 0 Å². The summed E-state index contributed by atoms with van der Waals surface area (Å²) in [5.41, 5.74) is -1.23. The molecule has 96 valence electrons. The van der Waals surface area contributed by atoms with Crippen molar-refractivity contribution in [2.75, 3.05) is 12.8 Å². The number of aliphatic carboxylic acids is 1. The number of aromatic amines is 1. The molecule has 0 aliphatic rings. The third kappa shape index (κ3) is 3.10. The number of H-pyrrole nitrogens is 1. The summed E-state index contributed by atoms with van der Waals surface area (Å²) in [6.45, 7) is 1.62. The molecule has 0 aliphatic carbocycles. The maximum Gasteiger partial charge on any atom is 0.343 e. The third-order valence-electron chi connectivity index (χ3n) is 2.70. The Morgan fingerprint density at radius 2 is 2.35 bits per heavy atom. The van der Waals surface area contributed by atoms with E-state index in [1.54, 1.807) is 21.0 Å². The number of thioether (sulfide) groups is 1. The van der Waals surface area contributed by atoms with E-state index in [-0.39, 0.29) is 5.69 Å². The Kier molecular flexibility index (Phi) is 4.35. The standard InChI is InChI=1S/C9H16N4O3S/c1-9(10-2,6(14)15)4-5-17-8-12-11-7(16)13(8)3/h10H,4-5H2,1-3H3,(H,11,16)(H,14,15). The topological polar surface area (TPSA) is 100 Å². The first-order valence-corrected chi connectivity index (χ1v) is 6.06. The van der Waals surface area contributed by atoms with Gasteiger partial charge in [-0.05, 0) is 20.4 Å². The van der Waals surface area contributed by atoms with Gasteiger partial charge in [-0.1, -0.05) is 11.8 Å². The van der Waals surface area contributed by atoms with Crippen LogP contribution in [0.1, 0.15) is 13.3 Å². The van der Waals surface area contributed by atoms with Crippen LogP contribution in [0.4, 0.5) is 0 Å². The van der Waals surface area contributed by atoms with Gasteiger partial charge in [0.15, 0.2) is 5.16 Å². The van der Waals surface area contributed by atoms with Gasteiger partial charge >= 0.3 is 11.7 Å². The van der Waals surface area contributed by atoms with Gasteiger partial charge in [-0.3, -0.25) is 9.36 Å². The van der Waals surface area contributed by atoms with Crippen LogP contribution in [0, 0.1) is 0 Å². The molecule has 1 heterocycles. The lowest BCUT2D eigenvalue weighted by atomic mass is 10.00. The van der Waals surface area contributed by atoms with Gasteiger partial charge in [0.05, 0.1) is 0 Å². The molecule has 1 aromatic rings. The van der Waals surface area contributed by atoms with Crippen LogP contribution in [0.25, 0.3) is 0 Å². The number of nitrogens with one attached hydrogen (secondary N) is 2. The van der Waals surface area contributed by atoms with Gasteiger partial charge in [-0.2, -0.15) is 0 Å². The van der Waals surface area contributed by atoms with Crippen molar-refractivity contribution >= 4 is 17.7 Å². The first-order chi connectivity index (χ1) is 7.90. The van der Waals surface area contributed by atoms with Crippen LogP contribution in [0.3, 0.4) is 0 Å². The highest BCUT2D eigenvalue weighted by Crippen LogP contribution is 2.18. The Morgan fingerprint density at radius 1 is 1.71 bits per heavy atom. The predicted octanol–water partition coefficient (Wildman–Crippen LogP) is -0.347. The zero-order chi connectivity index (χ0) is 13.1. The van der Waals surface area contributed by atoms with Crippen LogP contribution in [-0.2, 0) is 11.8 Å². The van der Waals surface area contributed by atoms with E-state index < -0.39 is 11.5 Å². The molecule has 0 saturated heterocycles. The molecule has 1 unspecified atom stereocenters. The van der Waals surface area contributed by atoms with E-state index in [2.05, 4.69) is 15.5 Å². The number of likely N-dealkylation sites (N-methyl/N-ethyl adjacent to an activating group) is 1. The molecule has 0 bridgehead atoms. The Hall–Kier alpha value is -1.28. The number of carbonyl (C=O) groups is 1. The number of rotatable bonds is 6. The number of carboxylic acids is 1. The van der Waals surface area contributed by atoms with Gasteiger partial charge in [0, 0.05) is 12.8 Å². The van der Waals surface area contributed by atoms with Crippen molar-refractivity contribution in [1.29, 1.82) is 0 Å². The van der Waals surface area contributed by atoms with Crippen LogP contribution in [-0.4, -0.2) is 44.2 Å². The number of aromatic nitrogens is 3. The molecule has 0 radical (unpaired) electrons. The van der Waals surface area contributed by atoms with Crippen molar-refractivity contribution in [2.24, 2.45) is 7.05 Å². The Bertz CT molecular complexity index is 455. The molecule has 0 amide bonds. The van der Waals surface area contributed by atoms with E-state index in [0.29, 0.717) is 17.3 Å². The highest BCUT2D eigenvalue weighted by Gasteiger charge is 2.30. The van der Waals surface area contributed by atoms with Crippen molar-refractivity contribution in [2.45, 2.75) is 24.0 Å². The fourth-order valence-corrected chi connectivity index (χ4v) is 2.23. The molecule has 3 N–H and O–H groups in total.